The van der Waals surface area contributed by atoms with Gasteiger partial charge in [0.1, 0.15) is 0 Å². The Morgan fingerprint density at radius 2 is 1.58 bits per heavy atom. The van der Waals surface area contributed by atoms with Gasteiger partial charge in [-0.05, 0) is 70.1 Å². The number of rotatable bonds is 4. The topological polar surface area (TPSA) is 32.5 Å². The number of nitrogens with zero attached hydrogens (tertiary/aromatic N) is 2. The molecule has 0 amide bonds. The first-order valence-electron chi connectivity index (χ1n) is 8.18. The fraction of sp³-hybridized carbons (Fsp3) is 0.875. The van der Waals surface area contributed by atoms with Crippen LogP contribution in [0, 0.1) is 11.8 Å². The second-order valence-electron chi connectivity index (χ2n) is 6.80. The van der Waals surface area contributed by atoms with Gasteiger partial charge in [0.25, 0.3) is 0 Å². The van der Waals surface area contributed by atoms with E-state index >= 15 is 0 Å². The van der Waals surface area contributed by atoms with E-state index in [1.165, 1.54) is 65.0 Å². The molecule has 3 heteroatoms. The van der Waals surface area contributed by atoms with Gasteiger partial charge in [0.15, 0.2) is 0 Å². The summed E-state index contributed by atoms with van der Waals surface area (Å²) in [7, 11) is 0. The highest BCUT2D eigenvalue weighted by molar-refractivity contribution is 5.05. The van der Waals surface area contributed by atoms with Gasteiger partial charge in [0.05, 0.1) is 0 Å². The summed E-state index contributed by atoms with van der Waals surface area (Å²) in [6.45, 7) is 7.91. The number of piperidine rings is 1. The lowest BCUT2D eigenvalue weighted by molar-refractivity contribution is 0.144. The van der Waals surface area contributed by atoms with Crippen molar-refractivity contribution in [2.75, 3.05) is 39.3 Å². The highest BCUT2D eigenvalue weighted by Crippen LogP contribution is 2.23. The molecule has 2 atom stereocenters. The standard InChI is InChI=1S/C16H29N3/c17-16-4-3-15(11-16)13-19-9-5-14(6-10-19)12-18-7-1-2-8-18/h3-4,14-16H,1-2,5-13,17H2. The first-order valence-corrected chi connectivity index (χ1v) is 8.18. The summed E-state index contributed by atoms with van der Waals surface area (Å²) in [6.07, 6.45) is 11.3. The van der Waals surface area contributed by atoms with Crippen molar-refractivity contribution in [1.29, 1.82) is 0 Å². The van der Waals surface area contributed by atoms with Crippen molar-refractivity contribution in [1.82, 2.24) is 9.80 Å². The minimum Gasteiger partial charge on any atom is -0.324 e. The van der Waals surface area contributed by atoms with E-state index in [-0.39, 0.29) is 0 Å². The molecule has 2 saturated heterocycles. The van der Waals surface area contributed by atoms with Gasteiger partial charge in [-0.25, -0.2) is 0 Å². The smallest absolute Gasteiger partial charge is 0.0229 e. The predicted molar refractivity (Wildman–Crippen MR) is 80.1 cm³/mol. The van der Waals surface area contributed by atoms with Gasteiger partial charge in [-0.15, -0.1) is 0 Å². The van der Waals surface area contributed by atoms with Gasteiger partial charge in [-0.3, -0.25) is 0 Å². The lowest BCUT2D eigenvalue weighted by atomic mass is 9.95. The zero-order valence-corrected chi connectivity index (χ0v) is 12.1. The van der Waals surface area contributed by atoms with Crippen molar-refractivity contribution >= 4 is 0 Å². The molecule has 0 radical (unpaired) electrons. The van der Waals surface area contributed by atoms with Crippen LogP contribution in [0.5, 0.6) is 0 Å². The van der Waals surface area contributed by atoms with E-state index in [4.69, 9.17) is 5.73 Å². The summed E-state index contributed by atoms with van der Waals surface area (Å²) in [5.74, 6) is 1.67. The average Bonchev–Trinajstić information content (AvgIpc) is 3.04. The molecule has 2 fully saturated rings. The van der Waals surface area contributed by atoms with Crippen molar-refractivity contribution in [3.63, 3.8) is 0 Å². The van der Waals surface area contributed by atoms with E-state index < -0.39 is 0 Å². The Balaban J connectivity index is 1.36. The summed E-state index contributed by atoms with van der Waals surface area (Å²) in [4.78, 5) is 5.34. The number of likely N-dealkylation sites (tertiary alicyclic amines) is 2. The number of nitrogens with two attached hydrogens (primary N) is 1. The summed E-state index contributed by atoms with van der Waals surface area (Å²) in [5, 5.41) is 0. The number of hydrogen-bond acceptors (Lipinski definition) is 3. The van der Waals surface area contributed by atoms with Gasteiger partial charge in [-0.1, -0.05) is 12.2 Å². The van der Waals surface area contributed by atoms with Crippen molar-refractivity contribution in [2.24, 2.45) is 17.6 Å². The highest BCUT2D eigenvalue weighted by atomic mass is 15.2. The Morgan fingerprint density at radius 3 is 2.21 bits per heavy atom. The van der Waals surface area contributed by atoms with E-state index in [2.05, 4.69) is 22.0 Å². The molecule has 3 rings (SSSR count). The summed E-state index contributed by atoms with van der Waals surface area (Å²) < 4.78 is 0. The van der Waals surface area contributed by atoms with Crippen LogP contribution in [0.25, 0.3) is 0 Å². The van der Waals surface area contributed by atoms with Gasteiger partial charge in [0, 0.05) is 19.1 Å². The van der Waals surface area contributed by atoms with Crippen LogP contribution in [0.4, 0.5) is 0 Å². The summed E-state index contributed by atoms with van der Waals surface area (Å²) in [6, 6.07) is 0.317. The van der Waals surface area contributed by atoms with E-state index in [9.17, 15) is 0 Å². The van der Waals surface area contributed by atoms with Gasteiger partial charge >= 0.3 is 0 Å². The molecule has 2 unspecified atom stereocenters. The third-order valence-corrected chi connectivity index (χ3v) is 5.12. The van der Waals surface area contributed by atoms with Crippen LogP contribution < -0.4 is 5.73 Å². The first kappa shape index (κ1) is 13.6. The molecular formula is C16H29N3. The Labute approximate surface area is 117 Å². The maximum Gasteiger partial charge on any atom is 0.0229 e. The highest BCUT2D eigenvalue weighted by Gasteiger charge is 2.25. The molecule has 108 valence electrons. The lowest BCUT2D eigenvalue weighted by Crippen LogP contribution is -2.40. The summed E-state index contributed by atoms with van der Waals surface area (Å²) in [5.41, 5.74) is 5.93. The van der Waals surface area contributed by atoms with Crippen LogP contribution in [-0.2, 0) is 0 Å². The van der Waals surface area contributed by atoms with Crippen molar-refractivity contribution in [3.8, 4) is 0 Å². The maximum atomic E-state index is 5.93. The molecule has 2 heterocycles. The molecule has 19 heavy (non-hydrogen) atoms. The fourth-order valence-corrected chi connectivity index (χ4v) is 3.96. The molecule has 0 saturated carbocycles. The number of hydrogen-bond donors (Lipinski definition) is 1. The minimum atomic E-state index is 0.317. The SMILES string of the molecule is NC1C=CC(CN2CCC(CN3CCCC3)CC2)C1. The van der Waals surface area contributed by atoms with Crippen LogP contribution in [0.3, 0.4) is 0 Å². The normalized spacial score (nSPS) is 34.4. The predicted octanol–water partition coefficient (Wildman–Crippen LogP) is 1.70. The molecular weight excluding hydrogens is 234 g/mol. The Hall–Kier alpha value is -0.380. The largest absolute Gasteiger partial charge is 0.324 e. The average molecular weight is 263 g/mol. The van der Waals surface area contributed by atoms with E-state index in [0.717, 1.165) is 12.3 Å². The zero-order chi connectivity index (χ0) is 13.1. The third kappa shape index (κ3) is 3.80. The van der Waals surface area contributed by atoms with Crippen LogP contribution in [-0.4, -0.2) is 55.1 Å². The quantitative estimate of drug-likeness (QED) is 0.784. The monoisotopic (exact) mass is 263 g/mol. The first-order chi connectivity index (χ1) is 9.29. The molecule has 0 aromatic rings. The zero-order valence-electron chi connectivity index (χ0n) is 12.1. The molecule has 2 N–H and O–H groups in total. The second kappa shape index (κ2) is 6.38. The molecule has 0 aromatic heterocycles. The van der Waals surface area contributed by atoms with Crippen LogP contribution in [0.15, 0.2) is 12.2 Å². The Morgan fingerprint density at radius 1 is 0.895 bits per heavy atom. The molecule has 2 aliphatic heterocycles. The Bertz CT molecular complexity index is 301. The molecule has 3 aliphatic rings. The molecule has 0 bridgehead atoms. The van der Waals surface area contributed by atoms with Crippen molar-refractivity contribution in [3.05, 3.63) is 12.2 Å². The molecule has 0 aromatic carbocycles. The molecule has 0 spiro atoms. The maximum absolute atomic E-state index is 5.93. The fourth-order valence-electron chi connectivity index (χ4n) is 3.96. The second-order valence-corrected chi connectivity index (χ2v) is 6.80. The lowest BCUT2D eigenvalue weighted by Gasteiger charge is -2.35. The van der Waals surface area contributed by atoms with E-state index in [1.54, 1.807) is 0 Å². The molecule has 1 aliphatic carbocycles. The van der Waals surface area contributed by atoms with Crippen molar-refractivity contribution in [2.45, 2.75) is 38.1 Å². The minimum absolute atomic E-state index is 0.317. The van der Waals surface area contributed by atoms with Crippen LogP contribution in [0.2, 0.25) is 0 Å². The van der Waals surface area contributed by atoms with Crippen molar-refractivity contribution < 1.29 is 0 Å². The van der Waals surface area contributed by atoms with Gasteiger partial charge in [0.2, 0.25) is 0 Å². The Kier molecular flexibility index (Phi) is 4.57. The van der Waals surface area contributed by atoms with Gasteiger partial charge < -0.3 is 15.5 Å². The van der Waals surface area contributed by atoms with Gasteiger partial charge in [-0.2, -0.15) is 0 Å². The van der Waals surface area contributed by atoms with Crippen LogP contribution in [0.1, 0.15) is 32.1 Å². The summed E-state index contributed by atoms with van der Waals surface area (Å²) >= 11 is 0. The van der Waals surface area contributed by atoms with E-state index in [1.807, 2.05) is 0 Å². The third-order valence-electron chi connectivity index (χ3n) is 5.12. The molecule has 3 nitrogen and oxygen atoms in total. The van der Waals surface area contributed by atoms with E-state index in [0.29, 0.717) is 12.0 Å². The van der Waals surface area contributed by atoms with Crippen LogP contribution >= 0.6 is 0 Å².